The summed E-state index contributed by atoms with van der Waals surface area (Å²) in [6.07, 6.45) is 1.69. The fourth-order valence-corrected chi connectivity index (χ4v) is 2.11. The largest absolute Gasteiger partial charge is 0.365 e. The molecule has 1 aromatic heterocycles. The van der Waals surface area contributed by atoms with Gasteiger partial charge in [0.05, 0.1) is 0 Å². The lowest BCUT2D eigenvalue weighted by atomic mass is 10.1. The topological polar surface area (TPSA) is 65.1 Å². The summed E-state index contributed by atoms with van der Waals surface area (Å²) in [6, 6.07) is 1.61. The summed E-state index contributed by atoms with van der Waals surface area (Å²) in [5, 5.41) is 0. The fourth-order valence-electron chi connectivity index (χ4n) is 2.11. The Labute approximate surface area is 108 Å². The highest BCUT2D eigenvalue weighted by Crippen LogP contribution is 2.11. The van der Waals surface area contributed by atoms with Crippen LogP contribution in [0, 0.1) is 12.8 Å². The molecule has 1 rings (SSSR count). The van der Waals surface area contributed by atoms with Crippen molar-refractivity contribution >= 4 is 5.91 Å². The lowest BCUT2D eigenvalue weighted by Crippen LogP contribution is -2.32. The van der Waals surface area contributed by atoms with Gasteiger partial charge in [0.2, 0.25) is 0 Å². The molecule has 18 heavy (non-hydrogen) atoms. The Balaban J connectivity index is 3.34. The first-order valence-corrected chi connectivity index (χ1v) is 6.41. The van der Waals surface area contributed by atoms with Gasteiger partial charge in [0.25, 0.3) is 11.5 Å². The van der Waals surface area contributed by atoms with Crippen molar-refractivity contribution in [2.24, 2.45) is 11.7 Å². The monoisotopic (exact) mass is 250 g/mol. The normalized spacial score (nSPS) is 10.9. The molecule has 0 saturated carbocycles. The second-order valence-electron chi connectivity index (χ2n) is 5.04. The quantitative estimate of drug-likeness (QED) is 0.867. The number of rotatable bonds is 5. The van der Waals surface area contributed by atoms with Gasteiger partial charge >= 0.3 is 0 Å². The van der Waals surface area contributed by atoms with Crippen molar-refractivity contribution in [1.29, 1.82) is 0 Å². The minimum absolute atomic E-state index is 0.0912. The van der Waals surface area contributed by atoms with Gasteiger partial charge in [-0.3, -0.25) is 9.59 Å². The second-order valence-corrected chi connectivity index (χ2v) is 5.04. The number of hydrogen-bond donors (Lipinski definition) is 1. The third-order valence-corrected chi connectivity index (χ3v) is 3.15. The van der Waals surface area contributed by atoms with E-state index in [1.165, 1.54) is 0 Å². The molecule has 1 amide bonds. The Morgan fingerprint density at radius 3 is 2.50 bits per heavy atom. The molecule has 1 heterocycles. The number of carbonyl (C=O) groups excluding carboxylic acids is 1. The van der Waals surface area contributed by atoms with Crippen LogP contribution >= 0.6 is 0 Å². The highest BCUT2D eigenvalue weighted by molar-refractivity contribution is 5.92. The standard InChI is InChI=1S/C14H22N2O2/c1-5-12-10(4)8-11(13(15)17)14(18)16(12)7-6-9(2)3/h8-9H,5-7H2,1-4H3,(H2,15,17). The molecule has 0 bridgehead atoms. The summed E-state index contributed by atoms with van der Waals surface area (Å²) in [6.45, 7) is 8.79. The maximum atomic E-state index is 12.2. The van der Waals surface area contributed by atoms with E-state index in [-0.39, 0.29) is 11.1 Å². The number of pyridine rings is 1. The van der Waals surface area contributed by atoms with E-state index < -0.39 is 5.91 Å². The lowest BCUT2D eigenvalue weighted by Gasteiger charge is -2.16. The number of nitrogens with two attached hydrogens (primary N) is 1. The summed E-state index contributed by atoms with van der Waals surface area (Å²) < 4.78 is 1.70. The lowest BCUT2D eigenvalue weighted by molar-refractivity contribution is 0.0998. The average Bonchev–Trinajstić information content (AvgIpc) is 2.28. The van der Waals surface area contributed by atoms with Crippen LogP contribution in [0.25, 0.3) is 0 Å². The van der Waals surface area contributed by atoms with Crippen molar-refractivity contribution in [2.45, 2.75) is 47.1 Å². The van der Waals surface area contributed by atoms with Crippen molar-refractivity contribution in [1.82, 2.24) is 4.57 Å². The predicted molar refractivity (Wildman–Crippen MR) is 72.8 cm³/mol. The zero-order valence-corrected chi connectivity index (χ0v) is 11.6. The van der Waals surface area contributed by atoms with Crippen LogP contribution in [0.1, 0.15) is 48.8 Å². The van der Waals surface area contributed by atoms with Crippen LogP contribution in [-0.4, -0.2) is 10.5 Å². The Hall–Kier alpha value is -1.58. The summed E-state index contributed by atoms with van der Waals surface area (Å²) >= 11 is 0. The number of hydrogen-bond acceptors (Lipinski definition) is 2. The van der Waals surface area contributed by atoms with Crippen LogP contribution in [-0.2, 0) is 13.0 Å². The number of aromatic nitrogens is 1. The number of primary amides is 1. The van der Waals surface area contributed by atoms with Gasteiger partial charge in [0, 0.05) is 12.2 Å². The zero-order valence-electron chi connectivity index (χ0n) is 11.6. The van der Waals surface area contributed by atoms with E-state index in [4.69, 9.17) is 5.73 Å². The van der Waals surface area contributed by atoms with Crippen LogP contribution in [0.4, 0.5) is 0 Å². The molecule has 0 unspecified atom stereocenters. The van der Waals surface area contributed by atoms with Gasteiger partial charge in [-0.15, -0.1) is 0 Å². The first-order valence-electron chi connectivity index (χ1n) is 6.41. The van der Waals surface area contributed by atoms with E-state index in [0.717, 1.165) is 24.1 Å². The molecule has 0 radical (unpaired) electrons. The van der Waals surface area contributed by atoms with Gasteiger partial charge in [0.15, 0.2) is 0 Å². The fraction of sp³-hybridized carbons (Fsp3) is 0.571. The van der Waals surface area contributed by atoms with Crippen molar-refractivity contribution in [3.05, 3.63) is 33.2 Å². The van der Waals surface area contributed by atoms with E-state index in [1.807, 2.05) is 13.8 Å². The van der Waals surface area contributed by atoms with Crippen LogP contribution < -0.4 is 11.3 Å². The maximum Gasteiger partial charge on any atom is 0.263 e. The zero-order chi connectivity index (χ0) is 13.9. The molecule has 0 aliphatic carbocycles. The van der Waals surface area contributed by atoms with Crippen LogP contribution in [0.2, 0.25) is 0 Å². The van der Waals surface area contributed by atoms with Gasteiger partial charge in [0.1, 0.15) is 5.56 Å². The molecule has 0 fully saturated rings. The summed E-state index contributed by atoms with van der Waals surface area (Å²) in [4.78, 5) is 23.5. The third kappa shape index (κ3) is 3.00. The van der Waals surface area contributed by atoms with Gasteiger partial charge < -0.3 is 10.3 Å². The van der Waals surface area contributed by atoms with Gasteiger partial charge in [-0.1, -0.05) is 20.8 Å². The van der Waals surface area contributed by atoms with Crippen molar-refractivity contribution < 1.29 is 4.79 Å². The third-order valence-electron chi connectivity index (χ3n) is 3.15. The first-order chi connectivity index (χ1) is 8.38. The number of nitrogens with zero attached hydrogens (tertiary/aromatic N) is 1. The molecule has 0 spiro atoms. The van der Waals surface area contributed by atoms with Crippen molar-refractivity contribution in [2.75, 3.05) is 0 Å². The van der Waals surface area contributed by atoms with Crippen LogP contribution in [0.3, 0.4) is 0 Å². The van der Waals surface area contributed by atoms with Crippen LogP contribution in [0.15, 0.2) is 10.9 Å². The SMILES string of the molecule is CCc1c(C)cc(C(N)=O)c(=O)n1CCC(C)C. The molecule has 0 atom stereocenters. The molecule has 0 aromatic carbocycles. The van der Waals surface area contributed by atoms with Gasteiger partial charge in [-0.2, -0.15) is 0 Å². The van der Waals surface area contributed by atoms with Gasteiger partial charge in [-0.05, 0) is 37.3 Å². The van der Waals surface area contributed by atoms with Crippen molar-refractivity contribution in [3.8, 4) is 0 Å². The summed E-state index contributed by atoms with van der Waals surface area (Å²) in [5.41, 5.74) is 7.02. The highest BCUT2D eigenvalue weighted by atomic mass is 16.2. The number of aryl methyl sites for hydroxylation is 1. The predicted octanol–water partition coefficient (Wildman–Crippen LogP) is 1.86. The van der Waals surface area contributed by atoms with E-state index in [1.54, 1.807) is 10.6 Å². The maximum absolute atomic E-state index is 12.2. The molecule has 4 heteroatoms. The summed E-state index contributed by atoms with van der Waals surface area (Å²) in [7, 11) is 0. The first kappa shape index (κ1) is 14.5. The molecule has 100 valence electrons. The van der Waals surface area contributed by atoms with Crippen LogP contribution in [0.5, 0.6) is 0 Å². The Morgan fingerprint density at radius 1 is 1.44 bits per heavy atom. The number of amides is 1. The molecule has 2 N–H and O–H groups in total. The average molecular weight is 250 g/mol. The minimum Gasteiger partial charge on any atom is -0.365 e. The molecule has 1 aromatic rings. The van der Waals surface area contributed by atoms with Gasteiger partial charge in [-0.25, -0.2) is 0 Å². The smallest absolute Gasteiger partial charge is 0.263 e. The Bertz CT molecular complexity index is 501. The summed E-state index contributed by atoms with van der Waals surface area (Å²) in [5.74, 6) is -0.136. The Morgan fingerprint density at radius 2 is 2.06 bits per heavy atom. The van der Waals surface area contributed by atoms with E-state index >= 15 is 0 Å². The Kier molecular flexibility index (Phi) is 4.70. The molecule has 0 aliphatic rings. The van der Waals surface area contributed by atoms with E-state index in [9.17, 15) is 9.59 Å². The minimum atomic E-state index is -0.649. The van der Waals surface area contributed by atoms with E-state index in [2.05, 4.69) is 13.8 Å². The number of carbonyl (C=O) groups is 1. The van der Waals surface area contributed by atoms with E-state index in [0.29, 0.717) is 12.5 Å². The van der Waals surface area contributed by atoms with Crippen molar-refractivity contribution in [3.63, 3.8) is 0 Å². The molecule has 0 aliphatic heterocycles. The second kappa shape index (κ2) is 5.85. The molecule has 4 nitrogen and oxygen atoms in total. The molecule has 0 saturated heterocycles. The highest BCUT2D eigenvalue weighted by Gasteiger charge is 2.14. The molecular formula is C14H22N2O2. The molecular weight excluding hydrogens is 228 g/mol.